The summed E-state index contributed by atoms with van der Waals surface area (Å²) in [6.07, 6.45) is 2.09. The minimum absolute atomic E-state index is 0.144. The summed E-state index contributed by atoms with van der Waals surface area (Å²) in [7, 11) is 0. The standard InChI is InChI=1S/C24H30Cl2N2O2/c1-5-6-10-27-24(30)18(4)28(15-20-21(25)8-7-9-22(20)26)23(29)14-19-12-16(2)11-17(3)13-19/h7-9,11-13,18H,5-6,10,14-15H2,1-4H3,(H,27,30)/t18-/m0/s1. The van der Waals surface area contributed by atoms with E-state index in [1.54, 1.807) is 30.0 Å². The molecule has 0 fully saturated rings. The third kappa shape index (κ3) is 6.75. The van der Waals surface area contributed by atoms with Crippen LogP contribution in [-0.2, 0) is 22.6 Å². The number of nitrogens with zero attached hydrogens (tertiary/aromatic N) is 1. The zero-order valence-corrected chi connectivity index (χ0v) is 19.6. The fourth-order valence-corrected chi connectivity index (χ4v) is 3.94. The molecule has 30 heavy (non-hydrogen) atoms. The molecule has 0 heterocycles. The monoisotopic (exact) mass is 448 g/mol. The van der Waals surface area contributed by atoms with Gasteiger partial charge in [0.1, 0.15) is 6.04 Å². The highest BCUT2D eigenvalue weighted by Crippen LogP contribution is 2.27. The molecular weight excluding hydrogens is 419 g/mol. The Bertz CT molecular complexity index is 858. The van der Waals surface area contributed by atoms with E-state index in [9.17, 15) is 9.59 Å². The first-order valence-corrected chi connectivity index (χ1v) is 11.1. The highest BCUT2D eigenvalue weighted by Gasteiger charge is 2.27. The van der Waals surface area contributed by atoms with Gasteiger partial charge in [-0.1, -0.05) is 71.9 Å². The van der Waals surface area contributed by atoms with E-state index in [0.717, 1.165) is 29.5 Å². The molecule has 0 saturated heterocycles. The lowest BCUT2D eigenvalue weighted by molar-refractivity contribution is -0.140. The molecule has 2 rings (SSSR count). The largest absolute Gasteiger partial charge is 0.354 e. The van der Waals surface area contributed by atoms with E-state index in [4.69, 9.17) is 23.2 Å². The van der Waals surface area contributed by atoms with Crippen LogP contribution in [0.5, 0.6) is 0 Å². The van der Waals surface area contributed by atoms with Crippen molar-refractivity contribution in [3.8, 4) is 0 Å². The van der Waals surface area contributed by atoms with Gasteiger partial charge in [0.25, 0.3) is 0 Å². The summed E-state index contributed by atoms with van der Waals surface area (Å²) in [6, 6.07) is 10.7. The third-order valence-electron chi connectivity index (χ3n) is 5.02. The summed E-state index contributed by atoms with van der Waals surface area (Å²) in [6.45, 7) is 8.58. The van der Waals surface area contributed by atoms with Gasteiger partial charge in [-0.2, -0.15) is 0 Å². The lowest BCUT2D eigenvalue weighted by Gasteiger charge is -2.29. The number of rotatable bonds is 9. The Labute approximate surface area is 189 Å². The Morgan fingerprint density at radius 3 is 2.23 bits per heavy atom. The first-order valence-electron chi connectivity index (χ1n) is 10.3. The van der Waals surface area contributed by atoms with Crippen LogP contribution in [-0.4, -0.2) is 29.3 Å². The fourth-order valence-electron chi connectivity index (χ4n) is 3.42. The summed E-state index contributed by atoms with van der Waals surface area (Å²) in [4.78, 5) is 27.6. The van der Waals surface area contributed by atoms with E-state index in [-0.39, 0.29) is 24.8 Å². The van der Waals surface area contributed by atoms with Gasteiger partial charge in [-0.3, -0.25) is 9.59 Å². The van der Waals surface area contributed by atoms with E-state index in [1.165, 1.54) is 0 Å². The van der Waals surface area contributed by atoms with Gasteiger partial charge in [-0.15, -0.1) is 0 Å². The molecule has 2 amide bonds. The van der Waals surface area contributed by atoms with Crippen molar-refractivity contribution >= 4 is 35.0 Å². The second kappa shape index (κ2) is 11.4. The highest BCUT2D eigenvalue weighted by atomic mass is 35.5. The van der Waals surface area contributed by atoms with E-state index >= 15 is 0 Å². The SMILES string of the molecule is CCCCNC(=O)[C@H](C)N(Cc1c(Cl)cccc1Cl)C(=O)Cc1cc(C)cc(C)c1. The van der Waals surface area contributed by atoms with Crippen LogP contribution in [0.25, 0.3) is 0 Å². The predicted octanol–water partition coefficient (Wildman–Crippen LogP) is 5.49. The molecule has 0 unspecified atom stereocenters. The molecule has 0 aliphatic rings. The maximum absolute atomic E-state index is 13.3. The first kappa shape index (κ1) is 24.2. The topological polar surface area (TPSA) is 49.4 Å². The Balaban J connectivity index is 2.29. The molecule has 6 heteroatoms. The van der Waals surface area contributed by atoms with Crippen molar-refractivity contribution in [2.75, 3.05) is 6.54 Å². The Kier molecular flexibility index (Phi) is 9.19. The average molecular weight is 449 g/mol. The molecule has 0 spiro atoms. The second-order valence-electron chi connectivity index (χ2n) is 7.72. The lowest BCUT2D eigenvalue weighted by atomic mass is 10.0. The number of aryl methyl sites for hydroxylation is 2. The van der Waals surface area contributed by atoms with Gasteiger partial charge in [0, 0.05) is 28.7 Å². The number of benzene rings is 2. The van der Waals surface area contributed by atoms with Gasteiger partial charge in [-0.25, -0.2) is 0 Å². The smallest absolute Gasteiger partial charge is 0.242 e. The Morgan fingerprint density at radius 2 is 1.67 bits per heavy atom. The molecule has 162 valence electrons. The molecule has 0 saturated carbocycles. The zero-order valence-electron chi connectivity index (χ0n) is 18.1. The lowest BCUT2D eigenvalue weighted by Crippen LogP contribution is -2.48. The summed E-state index contributed by atoms with van der Waals surface area (Å²) < 4.78 is 0. The number of hydrogen-bond acceptors (Lipinski definition) is 2. The van der Waals surface area contributed by atoms with Crippen molar-refractivity contribution in [1.82, 2.24) is 10.2 Å². The van der Waals surface area contributed by atoms with E-state index < -0.39 is 6.04 Å². The van der Waals surface area contributed by atoms with Crippen LogP contribution in [0.3, 0.4) is 0 Å². The minimum Gasteiger partial charge on any atom is -0.354 e. The summed E-state index contributed by atoms with van der Waals surface area (Å²) in [5, 5.41) is 3.87. The van der Waals surface area contributed by atoms with Gasteiger partial charge < -0.3 is 10.2 Å². The molecule has 4 nitrogen and oxygen atoms in total. The van der Waals surface area contributed by atoms with E-state index in [0.29, 0.717) is 22.2 Å². The quantitative estimate of drug-likeness (QED) is 0.515. The van der Waals surface area contributed by atoms with Crippen molar-refractivity contribution < 1.29 is 9.59 Å². The molecule has 0 aromatic heterocycles. The molecule has 1 N–H and O–H groups in total. The zero-order chi connectivity index (χ0) is 22.3. The number of amides is 2. The third-order valence-corrected chi connectivity index (χ3v) is 5.73. The second-order valence-corrected chi connectivity index (χ2v) is 8.53. The molecule has 2 aromatic rings. The molecule has 0 aliphatic heterocycles. The molecular formula is C24H30Cl2N2O2. The number of carbonyl (C=O) groups excluding carboxylic acids is 2. The minimum atomic E-state index is -0.646. The highest BCUT2D eigenvalue weighted by molar-refractivity contribution is 6.36. The molecule has 2 aromatic carbocycles. The maximum atomic E-state index is 13.3. The Morgan fingerprint density at radius 1 is 1.07 bits per heavy atom. The van der Waals surface area contributed by atoms with Gasteiger partial charge in [0.15, 0.2) is 0 Å². The van der Waals surface area contributed by atoms with Gasteiger partial charge >= 0.3 is 0 Å². The van der Waals surface area contributed by atoms with Crippen molar-refractivity contribution in [2.45, 2.75) is 59.5 Å². The van der Waals surface area contributed by atoms with Gasteiger partial charge in [-0.05, 0) is 44.9 Å². The molecule has 0 radical (unpaired) electrons. The van der Waals surface area contributed by atoms with Crippen LogP contribution in [0.4, 0.5) is 0 Å². The summed E-state index contributed by atoms with van der Waals surface area (Å²) in [5.41, 5.74) is 3.77. The molecule has 0 aliphatic carbocycles. The number of nitrogens with one attached hydrogen (secondary N) is 1. The van der Waals surface area contributed by atoms with Crippen LogP contribution in [0.15, 0.2) is 36.4 Å². The van der Waals surface area contributed by atoms with Crippen molar-refractivity contribution in [2.24, 2.45) is 0 Å². The number of hydrogen-bond donors (Lipinski definition) is 1. The van der Waals surface area contributed by atoms with Crippen LogP contribution < -0.4 is 5.32 Å². The maximum Gasteiger partial charge on any atom is 0.242 e. The van der Waals surface area contributed by atoms with Crippen LogP contribution >= 0.6 is 23.2 Å². The van der Waals surface area contributed by atoms with Crippen molar-refractivity contribution in [1.29, 1.82) is 0 Å². The van der Waals surface area contributed by atoms with Crippen LogP contribution in [0.2, 0.25) is 10.0 Å². The van der Waals surface area contributed by atoms with Crippen molar-refractivity contribution in [3.05, 3.63) is 68.7 Å². The number of halogens is 2. The first-order chi connectivity index (χ1) is 14.2. The average Bonchev–Trinajstić information content (AvgIpc) is 2.66. The normalized spacial score (nSPS) is 11.8. The van der Waals surface area contributed by atoms with Gasteiger partial charge in [0.2, 0.25) is 11.8 Å². The number of unbranched alkanes of at least 4 members (excludes halogenated alkanes) is 1. The van der Waals surface area contributed by atoms with E-state index in [1.807, 2.05) is 26.0 Å². The molecule has 0 bridgehead atoms. The molecule has 1 atom stereocenters. The summed E-state index contributed by atoms with van der Waals surface area (Å²) in [5.74, 6) is -0.325. The van der Waals surface area contributed by atoms with Gasteiger partial charge in [0.05, 0.1) is 6.42 Å². The Hall–Kier alpha value is -2.04. The fraction of sp³-hybridized carbons (Fsp3) is 0.417. The van der Waals surface area contributed by atoms with Crippen LogP contribution in [0.1, 0.15) is 48.9 Å². The van der Waals surface area contributed by atoms with Crippen molar-refractivity contribution in [3.63, 3.8) is 0 Å². The predicted molar refractivity (Wildman–Crippen MR) is 124 cm³/mol. The van der Waals surface area contributed by atoms with Crippen LogP contribution in [0, 0.1) is 13.8 Å². The van der Waals surface area contributed by atoms with E-state index in [2.05, 4.69) is 18.3 Å². The summed E-state index contributed by atoms with van der Waals surface area (Å²) >= 11 is 12.7. The number of carbonyl (C=O) groups is 2.